The third-order valence-electron chi connectivity index (χ3n) is 5.39. The van der Waals surface area contributed by atoms with Crippen molar-refractivity contribution in [2.24, 2.45) is 5.92 Å². The normalized spacial score (nSPS) is 18.2. The van der Waals surface area contributed by atoms with Gasteiger partial charge in [-0.2, -0.15) is 0 Å². The van der Waals surface area contributed by atoms with Gasteiger partial charge in [-0.25, -0.2) is 13.1 Å². The predicted molar refractivity (Wildman–Crippen MR) is 112 cm³/mol. The fraction of sp³-hybridized carbons (Fsp3) is 0.364. The Labute approximate surface area is 171 Å². The molecule has 0 spiro atoms. The summed E-state index contributed by atoms with van der Waals surface area (Å²) in [7, 11) is -1.96. The highest BCUT2D eigenvalue weighted by Crippen LogP contribution is 2.23. The fourth-order valence-corrected chi connectivity index (χ4v) is 4.98. The number of fused-ring (bicyclic) bond motifs is 1. The van der Waals surface area contributed by atoms with Crippen LogP contribution >= 0.6 is 0 Å². The van der Waals surface area contributed by atoms with Gasteiger partial charge in [0.05, 0.1) is 18.6 Å². The molecule has 1 unspecified atom stereocenters. The van der Waals surface area contributed by atoms with Gasteiger partial charge in [0.25, 0.3) is 0 Å². The summed E-state index contributed by atoms with van der Waals surface area (Å²) in [6, 6.07) is 16.5. The lowest BCUT2D eigenvalue weighted by atomic mass is 9.98. The van der Waals surface area contributed by atoms with E-state index in [2.05, 4.69) is 21.8 Å². The number of para-hydroxylation sites is 1. The Balaban J connectivity index is 1.34. The van der Waals surface area contributed by atoms with Gasteiger partial charge in [-0.3, -0.25) is 4.90 Å². The second-order valence-corrected chi connectivity index (χ2v) is 9.29. The van der Waals surface area contributed by atoms with Gasteiger partial charge < -0.3 is 9.15 Å². The number of hydrogen-bond acceptors (Lipinski definition) is 5. The van der Waals surface area contributed by atoms with Crippen molar-refractivity contribution < 1.29 is 17.6 Å². The van der Waals surface area contributed by atoms with E-state index in [0.29, 0.717) is 12.3 Å². The number of piperidine rings is 1. The monoisotopic (exact) mass is 414 g/mol. The molecule has 2 heterocycles. The van der Waals surface area contributed by atoms with E-state index in [0.717, 1.165) is 49.2 Å². The number of furan rings is 1. The first-order valence-electron chi connectivity index (χ1n) is 9.87. The molecule has 7 heteroatoms. The molecule has 0 bridgehead atoms. The molecule has 0 saturated carbocycles. The van der Waals surface area contributed by atoms with Gasteiger partial charge in [-0.15, -0.1) is 0 Å². The average Bonchev–Trinajstić information content (AvgIpc) is 3.15. The van der Waals surface area contributed by atoms with Crippen LogP contribution in [0, 0.1) is 5.92 Å². The standard InChI is InChI=1S/C22H26N2O4S/c1-27-19-8-10-21(11-9-19)29(25,26)23-14-17-5-4-12-24(15-17)16-20-13-18-6-2-3-7-22(18)28-20/h2-3,6-11,13,17,23H,4-5,12,14-16H2,1H3. The Morgan fingerprint density at radius 1 is 1.17 bits per heavy atom. The summed E-state index contributed by atoms with van der Waals surface area (Å²) >= 11 is 0. The topological polar surface area (TPSA) is 71.8 Å². The number of ether oxygens (including phenoxy) is 1. The Kier molecular flexibility index (Phi) is 5.89. The van der Waals surface area contributed by atoms with Crippen molar-refractivity contribution in [2.75, 3.05) is 26.7 Å². The van der Waals surface area contributed by atoms with Crippen LogP contribution in [0.4, 0.5) is 0 Å². The quantitative estimate of drug-likeness (QED) is 0.639. The second-order valence-electron chi connectivity index (χ2n) is 7.52. The van der Waals surface area contributed by atoms with E-state index in [1.807, 2.05) is 18.2 Å². The van der Waals surface area contributed by atoms with E-state index in [4.69, 9.17) is 9.15 Å². The van der Waals surface area contributed by atoms with E-state index >= 15 is 0 Å². The van der Waals surface area contributed by atoms with Crippen LogP contribution < -0.4 is 9.46 Å². The molecule has 1 N–H and O–H groups in total. The Morgan fingerprint density at radius 2 is 1.97 bits per heavy atom. The molecular weight excluding hydrogens is 388 g/mol. The third-order valence-corrected chi connectivity index (χ3v) is 6.83. The van der Waals surface area contributed by atoms with Crippen LogP contribution in [0.15, 0.2) is 63.9 Å². The SMILES string of the molecule is COc1ccc(S(=O)(=O)NCC2CCCN(Cc3cc4ccccc4o3)C2)cc1. The minimum Gasteiger partial charge on any atom is -0.497 e. The van der Waals surface area contributed by atoms with Crippen LogP contribution in [-0.4, -0.2) is 40.1 Å². The minimum atomic E-state index is -3.52. The van der Waals surface area contributed by atoms with Crippen LogP contribution in [0.5, 0.6) is 5.75 Å². The van der Waals surface area contributed by atoms with Crippen molar-refractivity contribution in [2.45, 2.75) is 24.3 Å². The molecule has 2 aromatic carbocycles. The molecule has 0 aliphatic carbocycles. The Bertz CT molecular complexity index is 1030. The van der Waals surface area contributed by atoms with Gasteiger partial charge in [-0.05, 0) is 61.7 Å². The summed E-state index contributed by atoms with van der Waals surface area (Å²) in [5, 5.41) is 1.11. The van der Waals surface area contributed by atoms with E-state index in [-0.39, 0.29) is 10.8 Å². The van der Waals surface area contributed by atoms with Crippen LogP contribution in [0.1, 0.15) is 18.6 Å². The lowest BCUT2D eigenvalue weighted by Gasteiger charge is -2.32. The molecule has 4 rings (SSSR count). The zero-order valence-corrected chi connectivity index (χ0v) is 17.3. The van der Waals surface area contributed by atoms with E-state index < -0.39 is 10.0 Å². The fourth-order valence-electron chi connectivity index (χ4n) is 3.86. The summed E-state index contributed by atoms with van der Waals surface area (Å²) in [5.41, 5.74) is 0.906. The van der Waals surface area contributed by atoms with Crippen LogP contribution in [0.2, 0.25) is 0 Å². The first-order chi connectivity index (χ1) is 14.0. The molecule has 3 aromatic rings. The molecule has 0 amide bonds. The molecule has 154 valence electrons. The number of benzene rings is 2. The molecule has 0 radical (unpaired) electrons. The Morgan fingerprint density at radius 3 is 2.72 bits per heavy atom. The van der Waals surface area contributed by atoms with Crippen molar-refractivity contribution in [1.82, 2.24) is 9.62 Å². The maximum Gasteiger partial charge on any atom is 0.240 e. The van der Waals surface area contributed by atoms with Gasteiger partial charge in [0.1, 0.15) is 17.1 Å². The van der Waals surface area contributed by atoms with Gasteiger partial charge >= 0.3 is 0 Å². The van der Waals surface area contributed by atoms with Gasteiger partial charge in [0.2, 0.25) is 10.0 Å². The highest BCUT2D eigenvalue weighted by atomic mass is 32.2. The molecule has 1 fully saturated rings. The van der Waals surface area contributed by atoms with Crippen molar-refractivity contribution in [1.29, 1.82) is 0 Å². The zero-order chi connectivity index (χ0) is 20.3. The van der Waals surface area contributed by atoms with E-state index in [1.165, 1.54) is 0 Å². The highest BCUT2D eigenvalue weighted by Gasteiger charge is 2.23. The molecule has 1 atom stereocenters. The van der Waals surface area contributed by atoms with E-state index in [1.54, 1.807) is 31.4 Å². The first-order valence-corrected chi connectivity index (χ1v) is 11.4. The first kappa shape index (κ1) is 19.9. The zero-order valence-electron chi connectivity index (χ0n) is 16.5. The number of methoxy groups -OCH3 is 1. The smallest absolute Gasteiger partial charge is 0.240 e. The predicted octanol–water partition coefficient (Wildman–Crippen LogP) is 3.63. The largest absolute Gasteiger partial charge is 0.497 e. The molecule has 1 aliphatic heterocycles. The number of nitrogens with one attached hydrogen (secondary N) is 1. The number of rotatable bonds is 7. The summed E-state index contributed by atoms with van der Waals surface area (Å²) in [5.74, 6) is 1.87. The maximum atomic E-state index is 12.6. The number of sulfonamides is 1. The lowest BCUT2D eigenvalue weighted by Crippen LogP contribution is -2.40. The van der Waals surface area contributed by atoms with Crippen LogP contribution in [-0.2, 0) is 16.6 Å². The Hall–Kier alpha value is -2.35. The number of nitrogens with zero attached hydrogens (tertiary/aromatic N) is 1. The molecular formula is C22H26N2O4S. The number of likely N-dealkylation sites (tertiary alicyclic amines) is 1. The van der Waals surface area contributed by atoms with Crippen LogP contribution in [0.3, 0.4) is 0 Å². The van der Waals surface area contributed by atoms with Crippen molar-refractivity contribution in [3.8, 4) is 5.75 Å². The molecule has 1 aromatic heterocycles. The second kappa shape index (κ2) is 8.57. The summed E-state index contributed by atoms with van der Waals surface area (Å²) in [4.78, 5) is 2.60. The highest BCUT2D eigenvalue weighted by molar-refractivity contribution is 7.89. The third kappa shape index (κ3) is 4.80. The minimum absolute atomic E-state index is 0.258. The summed E-state index contributed by atoms with van der Waals surface area (Å²) < 4.78 is 38.9. The average molecular weight is 415 g/mol. The van der Waals surface area contributed by atoms with E-state index in [9.17, 15) is 8.42 Å². The van der Waals surface area contributed by atoms with Crippen molar-refractivity contribution in [3.05, 3.63) is 60.4 Å². The summed E-state index contributed by atoms with van der Waals surface area (Å²) in [6.07, 6.45) is 2.07. The van der Waals surface area contributed by atoms with Gasteiger partial charge in [0.15, 0.2) is 0 Å². The maximum absolute atomic E-state index is 12.6. The van der Waals surface area contributed by atoms with Gasteiger partial charge in [0, 0.05) is 18.5 Å². The molecule has 6 nitrogen and oxygen atoms in total. The molecule has 1 saturated heterocycles. The van der Waals surface area contributed by atoms with Crippen LogP contribution in [0.25, 0.3) is 11.0 Å². The van der Waals surface area contributed by atoms with Crippen molar-refractivity contribution >= 4 is 21.0 Å². The van der Waals surface area contributed by atoms with Gasteiger partial charge in [-0.1, -0.05) is 18.2 Å². The lowest BCUT2D eigenvalue weighted by molar-refractivity contribution is 0.159. The number of hydrogen-bond donors (Lipinski definition) is 1. The summed E-state index contributed by atoms with van der Waals surface area (Å²) in [6.45, 7) is 3.03. The molecule has 1 aliphatic rings. The molecule has 29 heavy (non-hydrogen) atoms. The van der Waals surface area contributed by atoms with Crippen molar-refractivity contribution in [3.63, 3.8) is 0 Å².